The van der Waals surface area contributed by atoms with E-state index in [-0.39, 0.29) is 48.1 Å². The van der Waals surface area contributed by atoms with Crippen molar-refractivity contribution < 1.29 is 18.3 Å². The Bertz CT molecular complexity index is 1900. The molecule has 4 atom stereocenters. The van der Waals surface area contributed by atoms with Crippen LogP contribution in [0.2, 0.25) is 5.02 Å². The summed E-state index contributed by atoms with van der Waals surface area (Å²) >= 11 is 6.64. The van der Waals surface area contributed by atoms with E-state index in [9.17, 15) is 14.4 Å². The molecule has 51 heavy (non-hydrogen) atoms. The second-order valence-corrected chi connectivity index (χ2v) is 15.1. The van der Waals surface area contributed by atoms with Gasteiger partial charge in [-0.3, -0.25) is 19.6 Å². The molecule has 4 saturated heterocycles. The molecule has 1 amide bonds. The fourth-order valence-corrected chi connectivity index (χ4v) is 9.00. The number of anilines is 1. The Kier molecular flexibility index (Phi) is 9.32. The first-order valence-corrected chi connectivity index (χ1v) is 18.7. The number of nitrogens with zero attached hydrogens (tertiary/aromatic N) is 8. The monoisotopic (exact) mass is 716 g/mol. The molecule has 5 aliphatic rings. The van der Waals surface area contributed by atoms with Crippen LogP contribution in [0.15, 0.2) is 36.5 Å². The molecule has 1 saturated carbocycles. The van der Waals surface area contributed by atoms with Crippen LogP contribution in [0.25, 0.3) is 22.2 Å². The maximum atomic E-state index is 16.9. The van der Waals surface area contributed by atoms with E-state index in [0.717, 1.165) is 57.3 Å². The highest BCUT2D eigenvalue weighted by Crippen LogP contribution is 2.48. The molecule has 0 N–H and O–H groups in total. The molecular weight excluding hydrogens is 674 g/mol. The maximum absolute atomic E-state index is 16.9. The molecule has 268 valence electrons. The quantitative estimate of drug-likeness (QED) is 0.238. The van der Waals surface area contributed by atoms with Gasteiger partial charge >= 0.3 is 6.01 Å². The SMILES string of the molecule is CCN1CC[C@@H]1/C=C/C(=O)N1CCN(c2nc(OC[C@@]34CCCN3C[C@H](F)C4)nc3c(F)c(-c4cccc(Cl)c4C4CC4)ncc23)C[C@@H]1CC#N. The van der Waals surface area contributed by atoms with Gasteiger partial charge in [0.05, 0.1) is 29.5 Å². The second-order valence-electron chi connectivity index (χ2n) is 14.7. The van der Waals surface area contributed by atoms with Gasteiger partial charge in [0, 0.05) is 68.0 Å². The van der Waals surface area contributed by atoms with Crippen LogP contribution < -0.4 is 9.64 Å². The van der Waals surface area contributed by atoms with E-state index < -0.39 is 23.6 Å². The smallest absolute Gasteiger partial charge is 0.319 e. The van der Waals surface area contributed by atoms with Crippen LogP contribution in [0.5, 0.6) is 6.01 Å². The van der Waals surface area contributed by atoms with Gasteiger partial charge in [0.1, 0.15) is 29.8 Å². The van der Waals surface area contributed by atoms with E-state index in [0.29, 0.717) is 54.4 Å². The van der Waals surface area contributed by atoms with E-state index in [4.69, 9.17) is 21.3 Å². The van der Waals surface area contributed by atoms with Crippen LogP contribution in [0, 0.1) is 17.1 Å². The molecule has 0 radical (unpaired) electrons. The molecule has 0 unspecified atom stereocenters. The highest BCUT2D eigenvalue weighted by molar-refractivity contribution is 6.32. The number of benzene rings is 1. The lowest BCUT2D eigenvalue weighted by Crippen LogP contribution is -2.55. The summed E-state index contributed by atoms with van der Waals surface area (Å²) in [6.07, 6.45) is 9.57. The van der Waals surface area contributed by atoms with Gasteiger partial charge in [0.25, 0.3) is 0 Å². The number of fused-ring (bicyclic) bond motifs is 2. The first-order valence-electron chi connectivity index (χ1n) is 18.3. The lowest BCUT2D eigenvalue weighted by atomic mass is 9.95. The van der Waals surface area contributed by atoms with Crippen molar-refractivity contribution in [2.45, 2.75) is 81.6 Å². The number of rotatable bonds is 10. The summed E-state index contributed by atoms with van der Waals surface area (Å²) in [5.74, 6) is -0.0336. The van der Waals surface area contributed by atoms with Gasteiger partial charge in [-0.15, -0.1) is 0 Å². The summed E-state index contributed by atoms with van der Waals surface area (Å²) in [5.41, 5.74) is 1.33. The van der Waals surface area contributed by atoms with Gasteiger partial charge in [-0.05, 0) is 62.7 Å². The van der Waals surface area contributed by atoms with Crippen molar-refractivity contribution in [1.29, 1.82) is 5.26 Å². The number of alkyl halides is 1. The normalized spacial score (nSPS) is 26.8. The summed E-state index contributed by atoms with van der Waals surface area (Å²) in [4.78, 5) is 35.7. The Morgan fingerprint density at radius 2 is 2.04 bits per heavy atom. The van der Waals surface area contributed by atoms with Gasteiger partial charge in [0.2, 0.25) is 5.91 Å². The number of aromatic nitrogens is 3. The molecule has 1 aromatic carbocycles. The van der Waals surface area contributed by atoms with Crippen molar-refractivity contribution in [2.24, 2.45) is 0 Å². The molecule has 2 aromatic heterocycles. The van der Waals surface area contributed by atoms with Gasteiger partial charge in [-0.1, -0.05) is 36.7 Å². The molecule has 5 fully saturated rings. The van der Waals surface area contributed by atoms with E-state index in [1.54, 1.807) is 23.2 Å². The Labute approximate surface area is 302 Å². The minimum atomic E-state index is -0.920. The number of nitriles is 1. The van der Waals surface area contributed by atoms with Crippen LogP contribution >= 0.6 is 11.6 Å². The molecule has 3 aromatic rings. The van der Waals surface area contributed by atoms with Gasteiger partial charge in [0.15, 0.2) is 5.82 Å². The molecule has 6 heterocycles. The summed E-state index contributed by atoms with van der Waals surface area (Å²) in [6, 6.07) is 7.58. The molecule has 13 heteroatoms. The van der Waals surface area contributed by atoms with Gasteiger partial charge in [-0.25, -0.2) is 8.78 Å². The number of carbonyl (C=O) groups is 1. The molecule has 0 spiro atoms. The maximum Gasteiger partial charge on any atom is 0.319 e. The predicted octanol–water partition coefficient (Wildman–Crippen LogP) is 5.90. The molecule has 8 rings (SSSR count). The zero-order valence-electron chi connectivity index (χ0n) is 28.9. The lowest BCUT2D eigenvalue weighted by molar-refractivity contribution is -0.128. The Morgan fingerprint density at radius 3 is 2.80 bits per heavy atom. The summed E-state index contributed by atoms with van der Waals surface area (Å²) < 4.78 is 37.7. The third-order valence-electron chi connectivity index (χ3n) is 11.6. The number of hydrogen-bond acceptors (Lipinski definition) is 9. The second kappa shape index (κ2) is 13.9. The zero-order chi connectivity index (χ0) is 35.3. The molecular formula is C38H43ClF2N8O2. The highest BCUT2D eigenvalue weighted by Gasteiger charge is 2.49. The predicted molar refractivity (Wildman–Crippen MR) is 191 cm³/mol. The number of likely N-dealkylation sites (tertiary alicyclic amines) is 1. The third-order valence-corrected chi connectivity index (χ3v) is 11.9. The van der Waals surface area contributed by atoms with Crippen molar-refractivity contribution in [2.75, 3.05) is 57.3 Å². The van der Waals surface area contributed by atoms with Crippen LogP contribution in [-0.4, -0.2) is 112 Å². The van der Waals surface area contributed by atoms with Crippen LogP contribution in [0.3, 0.4) is 0 Å². The zero-order valence-corrected chi connectivity index (χ0v) is 29.7. The van der Waals surface area contributed by atoms with Crippen LogP contribution in [0.1, 0.15) is 63.4 Å². The van der Waals surface area contributed by atoms with Crippen molar-refractivity contribution in [1.82, 2.24) is 29.7 Å². The Hall–Kier alpha value is -3.92. The third kappa shape index (κ3) is 6.42. The van der Waals surface area contributed by atoms with Crippen molar-refractivity contribution in [3.63, 3.8) is 0 Å². The number of ether oxygens (including phenoxy) is 1. The molecule has 4 aliphatic heterocycles. The molecule has 1 aliphatic carbocycles. The van der Waals surface area contributed by atoms with Crippen LogP contribution in [-0.2, 0) is 4.79 Å². The number of pyridine rings is 1. The Morgan fingerprint density at radius 1 is 1.18 bits per heavy atom. The highest BCUT2D eigenvalue weighted by atomic mass is 35.5. The van der Waals surface area contributed by atoms with E-state index in [2.05, 4.69) is 32.8 Å². The summed E-state index contributed by atoms with van der Waals surface area (Å²) in [5, 5.41) is 10.8. The van der Waals surface area contributed by atoms with Crippen molar-refractivity contribution in [3.8, 4) is 23.3 Å². The average Bonchev–Trinajstić information content (AvgIpc) is 3.80. The summed E-state index contributed by atoms with van der Waals surface area (Å²) in [6.45, 7) is 6.55. The minimum Gasteiger partial charge on any atom is -0.461 e. The number of likely N-dealkylation sites (N-methyl/N-ethyl adjacent to an activating group) is 1. The van der Waals surface area contributed by atoms with Gasteiger partial charge in [-0.2, -0.15) is 15.2 Å². The fourth-order valence-electron chi connectivity index (χ4n) is 8.67. The number of hydrogen-bond donors (Lipinski definition) is 0. The first kappa shape index (κ1) is 34.2. The van der Waals surface area contributed by atoms with E-state index >= 15 is 4.39 Å². The number of piperazine rings is 1. The summed E-state index contributed by atoms with van der Waals surface area (Å²) in [7, 11) is 0. The largest absolute Gasteiger partial charge is 0.461 e. The number of carbonyl (C=O) groups excluding carboxylic acids is 1. The molecule has 0 bridgehead atoms. The minimum absolute atomic E-state index is 0.00448. The van der Waals surface area contributed by atoms with E-state index in [1.807, 2.05) is 23.1 Å². The number of amides is 1. The first-order chi connectivity index (χ1) is 24.8. The van der Waals surface area contributed by atoms with Crippen molar-refractivity contribution >= 4 is 34.2 Å². The van der Waals surface area contributed by atoms with Crippen molar-refractivity contribution in [3.05, 3.63) is 53.0 Å². The lowest BCUT2D eigenvalue weighted by Gasteiger charge is -2.41. The van der Waals surface area contributed by atoms with Crippen LogP contribution in [0.4, 0.5) is 14.6 Å². The topological polar surface area (TPSA) is 102 Å². The Balaban J connectivity index is 1.14. The standard InChI is InChI=1S/C38H43ClF2N8O2/c1-2-46-16-12-26(46)9-10-31(50)49-18-17-47(22-27(49)11-14-42)36-29-20-43-34(28-5-3-6-30(39)32(28)24-7-8-24)33(41)35(29)44-37(45-36)51-23-38-13-4-15-48(38)21-25(40)19-38/h3,5-6,9-10,20,24-27H,2,4,7-8,11-13,15-19,21-23H2,1H3/b10-9+/t25-,26+,27+,38+/m1/s1. The van der Waals surface area contributed by atoms with E-state index in [1.165, 1.54) is 0 Å². The number of halogens is 3. The van der Waals surface area contributed by atoms with Gasteiger partial charge < -0.3 is 14.5 Å². The average molecular weight is 717 g/mol. The molecule has 10 nitrogen and oxygen atoms in total. The fraction of sp³-hybridized carbons (Fsp3) is 0.553.